The number of halogens is 1. The molecule has 5 heteroatoms. The number of hydrogen-bond acceptors (Lipinski definition) is 4. The molecular weight excluding hydrogens is 248 g/mol. The maximum atomic E-state index is 6.21. The van der Waals surface area contributed by atoms with Crippen LogP contribution in [0.25, 0.3) is 11.1 Å². The predicted octanol–water partition coefficient (Wildman–Crippen LogP) is 3.19. The highest BCUT2D eigenvalue weighted by atomic mass is 35.5. The quantitative estimate of drug-likeness (QED) is 0.919. The zero-order valence-corrected chi connectivity index (χ0v) is 11.2. The van der Waals surface area contributed by atoms with E-state index in [1.807, 2.05) is 19.2 Å². The predicted molar refractivity (Wildman–Crippen MR) is 73.8 cm³/mol. The van der Waals surface area contributed by atoms with Gasteiger partial charge < -0.3 is 5.32 Å². The fourth-order valence-electron chi connectivity index (χ4n) is 1.95. The van der Waals surface area contributed by atoms with E-state index in [-0.39, 0.29) is 0 Å². The van der Waals surface area contributed by atoms with Gasteiger partial charge in [0.25, 0.3) is 0 Å². The first-order valence-electron chi connectivity index (χ1n) is 5.91. The summed E-state index contributed by atoms with van der Waals surface area (Å²) in [5.41, 5.74) is 3.07. The molecule has 0 aliphatic rings. The Kier molecular flexibility index (Phi) is 4.10. The SMILES string of the molecule is CCCc1c(NC)nnc(Cl)c1-c1ccncc1. The number of pyridine rings is 1. The molecule has 2 heterocycles. The molecule has 1 N–H and O–H groups in total. The standard InChI is InChI=1S/C13H15ClN4/c1-3-4-10-11(9-5-7-16-8-6-9)12(14)17-18-13(10)15-2/h5-8H,3-4H2,1-2H3,(H,15,18). The summed E-state index contributed by atoms with van der Waals surface area (Å²) in [6.07, 6.45) is 5.43. The van der Waals surface area contributed by atoms with Crippen LogP contribution in [0.5, 0.6) is 0 Å². The van der Waals surface area contributed by atoms with Gasteiger partial charge >= 0.3 is 0 Å². The first-order valence-corrected chi connectivity index (χ1v) is 6.29. The van der Waals surface area contributed by atoms with Crippen LogP contribution < -0.4 is 5.32 Å². The van der Waals surface area contributed by atoms with Crippen LogP contribution in [-0.2, 0) is 6.42 Å². The zero-order chi connectivity index (χ0) is 13.0. The molecule has 0 radical (unpaired) electrons. The van der Waals surface area contributed by atoms with E-state index in [1.54, 1.807) is 12.4 Å². The number of aromatic nitrogens is 3. The first-order chi connectivity index (χ1) is 8.77. The summed E-state index contributed by atoms with van der Waals surface area (Å²) in [7, 11) is 1.84. The van der Waals surface area contributed by atoms with Gasteiger partial charge in [-0.1, -0.05) is 24.9 Å². The van der Waals surface area contributed by atoms with Gasteiger partial charge in [-0.05, 0) is 24.1 Å². The normalized spacial score (nSPS) is 10.4. The topological polar surface area (TPSA) is 50.7 Å². The average molecular weight is 263 g/mol. The molecule has 0 atom stereocenters. The van der Waals surface area contributed by atoms with Gasteiger partial charge in [0.2, 0.25) is 0 Å². The molecule has 0 saturated carbocycles. The van der Waals surface area contributed by atoms with Crippen molar-refractivity contribution < 1.29 is 0 Å². The van der Waals surface area contributed by atoms with Gasteiger partial charge in [0.15, 0.2) is 11.0 Å². The van der Waals surface area contributed by atoms with Crippen LogP contribution in [0, 0.1) is 0 Å². The van der Waals surface area contributed by atoms with Crippen molar-refractivity contribution in [3.8, 4) is 11.1 Å². The molecule has 0 amide bonds. The highest BCUT2D eigenvalue weighted by molar-refractivity contribution is 6.32. The van der Waals surface area contributed by atoms with Crippen LogP contribution in [0.3, 0.4) is 0 Å². The average Bonchev–Trinajstić information content (AvgIpc) is 2.40. The Balaban J connectivity index is 2.64. The Morgan fingerprint density at radius 1 is 1.22 bits per heavy atom. The van der Waals surface area contributed by atoms with Crippen LogP contribution >= 0.6 is 11.6 Å². The van der Waals surface area contributed by atoms with Crippen molar-refractivity contribution in [1.29, 1.82) is 0 Å². The van der Waals surface area contributed by atoms with Gasteiger partial charge in [-0.2, -0.15) is 0 Å². The number of rotatable bonds is 4. The van der Waals surface area contributed by atoms with Crippen LogP contribution in [-0.4, -0.2) is 22.2 Å². The van der Waals surface area contributed by atoms with Crippen LogP contribution in [0.4, 0.5) is 5.82 Å². The van der Waals surface area contributed by atoms with E-state index in [1.165, 1.54) is 0 Å². The maximum absolute atomic E-state index is 6.21. The van der Waals surface area contributed by atoms with E-state index in [4.69, 9.17) is 11.6 Å². The summed E-state index contributed by atoms with van der Waals surface area (Å²) < 4.78 is 0. The molecule has 0 aliphatic heterocycles. The van der Waals surface area contributed by atoms with E-state index in [0.717, 1.165) is 35.3 Å². The lowest BCUT2D eigenvalue weighted by Crippen LogP contribution is -2.04. The third kappa shape index (κ3) is 2.43. The molecule has 2 aromatic heterocycles. The fraction of sp³-hybridized carbons (Fsp3) is 0.308. The van der Waals surface area contributed by atoms with Gasteiger partial charge in [0.1, 0.15) is 0 Å². The van der Waals surface area contributed by atoms with E-state index >= 15 is 0 Å². The first kappa shape index (κ1) is 12.8. The summed E-state index contributed by atoms with van der Waals surface area (Å²) in [5, 5.41) is 11.6. The van der Waals surface area contributed by atoms with Crippen molar-refractivity contribution in [3.63, 3.8) is 0 Å². The Morgan fingerprint density at radius 2 is 1.94 bits per heavy atom. The summed E-state index contributed by atoms with van der Waals surface area (Å²) in [6, 6.07) is 3.86. The van der Waals surface area contributed by atoms with Crippen molar-refractivity contribution in [2.75, 3.05) is 12.4 Å². The van der Waals surface area contributed by atoms with Crippen molar-refractivity contribution in [2.45, 2.75) is 19.8 Å². The Bertz CT molecular complexity index is 528. The Labute approximate surface area is 111 Å². The second-order valence-electron chi connectivity index (χ2n) is 3.93. The largest absolute Gasteiger partial charge is 0.371 e. The molecule has 0 aliphatic carbocycles. The molecule has 0 aromatic carbocycles. The lowest BCUT2D eigenvalue weighted by Gasteiger charge is -2.13. The zero-order valence-electron chi connectivity index (χ0n) is 10.4. The van der Waals surface area contributed by atoms with Crippen molar-refractivity contribution >= 4 is 17.4 Å². The minimum atomic E-state index is 0.434. The molecule has 0 spiro atoms. The molecular formula is C13H15ClN4. The van der Waals surface area contributed by atoms with E-state index in [0.29, 0.717) is 5.15 Å². The molecule has 0 unspecified atom stereocenters. The minimum absolute atomic E-state index is 0.434. The summed E-state index contributed by atoms with van der Waals surface area (Å²) in [4.78, 5) is 4.02. The lowest BCUT2D eigenvalue weighted by atomic mass is 10.00. The highest BCUT2D eigenvalue weighted by Gasteiger charge is 2.15. The second-order valence-corrected chi connectivity index (χ2v) is 4.29. The van der Waals surface area contributed by atoms with Crippen molar-refractivity contribution in [1.82, 2.24) is 15.2 Å². The van der Waals surface area contributed by atoms with Crippen molar-refractivity contribution in [3.05, 3.63) is 35.2 Å². The van der Waals surface area contributed by atoms with E-state index < -0.39 is 0 Å². The third-order valence-electron chi connectivity index (χ3n) is 2.74. The van der Waals surface area contributed by atoms with Gasteiger partial charge in [-0.15, -0.1) is 10.2 Å². The van der Waals surface area contributed by atoms with E-state index in [2.05, 4.69) is 27.4 Å². The molecule has 2 rings (SSSR count). The number of anilines is 1. The monoisotopic (exact) mass is 262 g/mol. The smallest absolute Gasteiger partial charge is 0.159 e. The van der Waals surface area contributed by atoms with Crippen molar-refractivity contribution in [2.24, 2.45) is 0 Å². The minimum Gasteiger partial charge on any atom is -0.371 e. The van der Waals surface area contributed by atoms with Crippen LogP contribution in [0.1, 0.15) is 18.9 Å². The van der Waals surface area contributed by atoms with E-state index in [9.17, 15) is 0 Å². The van der Waals surface area contributed by atoms with Gasteiger partial charge in [-0.3, -0.25) is 4.98 Å². The third-order valence-corrected chi connectivity index (χ3v) is 3.00. The molecule has 94 valence electrons. The van der Waals surface area contributed by atoms with Crippen LogP contribution in [0.2, 0.25) is 5.15 Å². The molecule has 2 aromatic rings. The van der Waals surface area contributed by atoms with Crippen LogP contribution in [0.15, 0.2) is 24.5 Å². The molecule has 0 fully saturated rings. The van der Waals surface area contributed by atoms with Gasteiger partial charge in [0, 0.05) is 30.6 Å². The molecule has 0 saturated heterocycles. The molecule has 18 heavy (non-hydrogen) atoms. The molecule has 0 bridgehead atoms. The molecule has 4 nitrogen and oxygen atoms in total. The maximum Gasteiger partial charge on any atom is 0.159 e. The highest BCUT2D eigenvalue weighted by Crippen LogP contribution is 2.33. The summed E-state index contributed by atoms with van der Waals surface area (Å²) >= 11 is 6.21. The fourth-order valence-corrected chi connectivity index (χ4v) is 2.21. The second kappa shape index (κ2) is 5.78. The summed E-state index contributed by atoms with van der Waals surface area (Å²) in [5.74, 6) is 0.785. The van der Waals surface area contributed by atoms with Gasteiger partial charge in [-0.25, -0.2) is 0 Å². The summed E-state index contributed by atoms with van der Waals surface area (Å²) in [6.45, 7) is 2.13. The van der Waals surface area contributed by atoms with Gasteiger partial charge in [0.05, 0.1) is 0 Å². The Hall–Kier alpha value is -1.68. The number of nitrogens with zero attached hydrogens (tertiary/aromatic N) is 3. The lowest BCUT2D eigenvalue weighted by molar-refractivity contribution is 0.898. The Morgan fingerprint density at radius 3 is 2.56 bits per heavy atom. The number of nitrogens with one attached hydrogen (secondary N) is 1. The number of hydrogen-bond donors (Lipinski definition) is 1.